The lowest BCUT2D eigenvalue weighted by molar-refractivity contribution is 0.130. The summed E-state index contributed by atoms with van der Waals surface area (Å²) in [6, 6.07) is 1.93. The molecule has 1 atom stereocenters. The Kier molecular flexibility index (Phi) is 3.84. The second-order valence-corrected chi connectivity index (χ2v) is 4.73. The second-order valence-electron chi connectivity index (χ2n) is 4.73. The minimum absolute atomic E-state index is 0.189. The third kappa shape index (κ3) is 3.38. The van der Waals surface area contributed by atoms with Gasteiger partial charge in [0.2, 0.25) is 0 Å². The van der Waals surface area contributed by atoms with Gasteiger partial charge in [-0.05, 0) is 24.0 Å². The first kappa shape index (κ1) is 10.7. The maximum absolute atomic E-state index is 9.93. The molecule has 0 amide bonds. The van der Waals surface area contributed by atoms with E-state index in [9.17, 15) is 5.11 Å². The van der Waals surface area contributed by atoms with Gasteiger partial charge in [0.05, 0.1) is 18.6 Å². The molecular formula is C13H20O2. The van der Waals surface area contributed by atoms with Crippen LogP contribution in [-0.4, -0.2) is 11.2 Å². The van der Waals surface area contributed by atoms with Gasteiger partial charge in [-0.3, -0.25) is 0 Å². The van der Waals surface area contributed by atoms with Crippen LogP contribution in [0.1, 0.15) is 44.1 Å². The van der Waals surface area contributed by atoms with Crippen LogP contribution in [0, 0.1) is 5.92 Å². The highest BCUT2D eigenvalue weighted by atomic mass is 16.3. The Balaban J connectivity index is 1.74. The van der Waals surface area contributed by atoms with Crippen LogP contribution >= 0.6 is 0 Å². The third-order valence-electron chi connectivity index (χ3n) is 3.38. The van der Waals surface area contributed by atoms with E-state index in [2.05, 4.69) is 0 Å². The van der Waals surface area contributed by atoms with Gasteiger partial charge in [-0.2, -0.15) is 0 Å². The quantitative estimate of drug-likeness (QED) is 0.824. The van der Waals surface area contributed by atoms with E-state index in [0.717, 1.165) is 24.3 Å². The van der Waals surface area contributed by atoms with Crippen LogP contribution in [0.4, 0.5) is 0 Å². The highest BCUT2D eigenvalue weighted by Gasteiger charge is 2.17. The van der Waals surface area contributed by atoms with E-state index in [1.54, 1.807) is 12.5 Å². The molecule has 0 aliphatic heterocycles. The van der Waals surface area contributed by atoms with Crippen molar-refractivity contribution in [1.82, 2.24) is 0 Å². The maximum atomic E-state index is 9.93. The molecule has 84 valence electrons. The molecule has 1 aromatic heterocycles. The lowest BCUT2D eigenvalue weighted by Crippen LogP contribution is -2.17. The van der Waals surface area contributed by atoms with Gasteiger partial charge >= 0.3 is 0 Å². The molecule has 1 aliphatic rings. The average molecular weight is 208 g/mol. The number of furan rings is 1. The summed E-state index contributed by atoms with van der Waals surface area (Å²) in [5, 5.41) is 9.93. The summed E-state index contributed by atoms with van der Waals surface area (Å²) in [7, 11) is 0. The first-order chi connectivity index (χ1) is 7.34. The topological polar surface area (TPSA) is 33.4 Å². The van der Waals surface area contributed by atoms with Crippen molar-refractivity contribution < 1.29 is 9.52 Å². The van der Waals surface area contributed by atoms with E-state index >= 15 is 0 Å². The zero-order valence-corrected chi connectivity index (χ0v) is 9.19. The molecule has 0 bridgehead atoms. The smallest absolute Gasteiger partial charge is 0.0935 e. The Bertz CT molecular complexity index is 260. The lowest BCUT2D eigenvalue weighted by Gasteiger charge is -2.23. The molecule has 1 unspecified atom stereocenters. The molecule has 1 aliphatic carbocycles. The van der Waals surface area contributed by atoms with E-state index in [0.29, 0.717) is 0 Å². The van der Waals surface area contributed by atoms with Crippen LogP contribution < -0.4 is 0 Å². The van der Waals surface area contributed by atoms with Gasteiger partial charge in [-0.15, -0.1) is 0 Å². The molecule has 1 saturated carbocycles. The van der Waals surface area contributed by atoms with Crippen LogP contribution in [0.25, 0.3) is 0 Å². The van der Waals surface area contributed by atoms with E-state index < -0.39 is 0 Å². The van der Waals surface area contributed by atoms with Crippen molar-refractivity contribution in [3.8, 4) is 0 Å². The Morgan fingerprint density at radius 3 is 2.80 bits per heavy atom. The summed E-state index contributed by atoms with van der Waals surface area (Å²) >= 11 is 0. The fourth-order valence-electron chi connectivity index (χ4n) is 2.57. The Hall–Kier alpha value is -0.760. The first-order valence-corrected chi connectivity index (χ1v) is 6.04. The SMILES string of the molecule is OC(Cc1ccoc1)CC1CCCCC1. The van der Waals surface area contributed by atoms with Crippen LogP contribution in [0.2, 0.25) is 0 Å². The molecule has 15 heavy (non-hydrogen) atoms. The van der Waals surface area contributed by atoms with Gasteiger partial charge in [0.15, 0.2) is 0 Å². The predicted molar refractivity (Wildman–Crippen MR) is 59.6 cm³/mol. The molecule has 1 fully saturated rings. The molecule has 0 aromatic carbocycles. The van der Waals surface area contributed by atoms with Crippen molar-refractivity contribution in [2.75, 3.05) is 0 Å². The maximum Gasteiger partial charge on any atom is 0.0935 e. The summed E-state index contributed by atoms with van der Waals surface area (Å²) in [6.45, 7) is 0. The van der Waals surface area contributed by atoms with Crippen molar-refractivity contribution in [3.63, 3.8) is 0 Å². The summed E-state index contributed by atoms with van der Waals surface area (Å²) in [4.78, 5) is 0. The van der Waals surface area contributed by atoms with Crippen molar-refractivity contribution in [1.29, 1.82) is 0 Å². The minimum Gasteiger partial charge on any atom is -0.472 e. The number of hydrogen-bond donors (Lipinski definition) is 1. The number of hydrogen-bond acceptors (Lipinski definition) is 2. The Labute approximate surface area is 91.3 Å². The Morgan fingerprint density at radius 2 is 2.13 bits per heavy atom. The van der Waals surface area contributed by atoms with Gasteiger partial charge < -0.3 is 9.52 Å². The highest BCUT2D eigenvalue weighted by molar-refractivity contribution is 5.06. The van der Waals surface area contributed by atoms with Gasteiger partial charge in [-0.1, -0.05) is 32.1 Å². The van der Waals surface area contributed by atoms with Crippen molar-refractivity contribution in [3.05, 3.63) is 24.2 Å². The molecule has 2 nitrogen and oxygen atoms in total. The fourth-order valence-corrected chi connectivity index (χ4v) is 2.57. The summed E-state index contributed by atoms with van der Waals surface area (Å²) in [6.07, 6.45) is 11.6. The normalized spacial score (nSPS) is 20.3. The van der Waals surface area contributed by atoms with E-state index in [4.69, 9.17) is 4.42 Å². The average Bonchev–Trinajstić information content (AvgIpc) is 2.71. The van der Waals surface area contributed by atoms with Crippen LogP contribution in [0.5, 0.6) is 0 Å². The van der Waals surface area contributed by atoms with E-state index in [1.165, 1.54) is 32.1 Å². The minimum atomic E-state index is -0.189. The van der Waals surface area contributed by atoms with Crippen molar-refractivity contribution in [2.45, 2.75) is 51.0 Å². The van der Waals surface area contributed by atoms with Crippen LogP contribution in [0.3, 0.4) is 0 Å². The zero-order valence-electron chi connectivity index (χ0n) is 9.19. The van der Waals surface area contributed by atoms with Gasteiger partial charge in [-0.25, -0.2) is 0 Å². The van der Waals surface area contributed by atoms with Crippen LogP contribution in [0.15, 0.2) is 23.0 Å². The molecule has 1 heterocycles. The predicted octanol–water partition coefficient (Wildman–Crippen LogP) is 3.15. The fraction of sp³-hybridized carbons (Fsp3) is 0.692. The molecule has 0 saturated heterocycles. The first-order valence-electron chi connectivity index (χ1n) is 6.04. The van der Waals surface area contributed by atoms with Crippen LogP contribution in [-0.2, 0) is 6.42 Å². The zero-order chi connectivity index (χ0) is 10.5. The number of rotatable bonds is 4. The van der Waals surface area contributed by atoms with Crippen molar-refractivity contribution in [2.24, 2.45) is 5.92 Å². The standard InChI is InChI=1S/C13H20O2/c14-13(9-12-6-7-15-10-12)8-11-4-2-1-3-5-11/h6-7,10-11,13-14H,1-5,8-9H2. The highest BCUT2D eigenvalue weighted by Crippen LogP contribution is 2.27. The largest absolute Gasteiger partial charge is 0.472 e. The monoisotopic (exact) mass is 208 g/mol. The van der Waals surface area contributed by atoms with Gasteiger partial charge in [0.25, 0.3) is 0 Å². The van der Waals surface area contributed by atoms with Crippen molar-refractivity contribution >= 4 is 0 Å². The summed E-state index contributed by atoms with van der Waals surface area (Å²) < 4.78 is 4.99. The molecular weight excluding hydrogens is 188 g/mol. The van der Waals surface area contributed by atoms with Gasteiger partial charge in [0, 0.05) is 6.42 Å². The van der Waals surface area contributed by atoms with Gasteiger partial charge in [0.1, 0.15) is 0 Å². The summed E-state index contributed by atoms with van der Waals surface area (Å²) in [5.74, 6) is 0.751. The number of aliphatic hydroxyl groups excluding tert-OH is 1. The second kappa shape index (κ2) is 5.36. The van der Waals surface area contributed by atoms with E-state index in [-0.39, 0.29) is 6.10 Å². The number of aliphatic hydroxyl groups is 1. The Morgan fingerprint density at radius 1 is 1.33 bits per heavy atom. The molecule has 0 radical (unpaired) electrons. The summed E-state index contributed by atoms with van der Waals surface area (Å²) in [5.41, 5.74) is 1.11. The molecule has 2 rings (SSSR count). The molecule has 1 aromatic rings. The lowest BCUT2D eigenvalue weighted by atomic mass is 9.84. The van der Waals surface area contributed by atoms with E-state index in [1.807, 2.05) is 6.07 Å². The molecule has 2 heteroatoms. The third-order valence-corrected chi connectivity index (χ3v) is 3.38. The molecule has 0 spiro atoms. The molecule has 1 N–H and O–H groups in total.